The van der Waals surface area contributed by atoms with E-state index in [1.54, 1.807) is 7.05 Å². The van der Waals surface area contributed by atoms with Crippen LogP contribution in [0.5, 0.6) is 0 Å². The molecular formula is C15H28N4O. The number of rotatable bonds is 5. The monoisotopic (exact) mass is 280 g/mol. The number of aliphatic imine (C=N–C) groups is 1. The highest BCUT2D eigenvalue weighted by Crippen LogP contribution is 2.31. The lowest BCUT2D eigenvalue weighted by Crippen LogP contribution is -2.46. The van der Waals surface area contributed by atoms with Gasteiger partial charge in [0, 0.05) is 40.2 Å². The van der Waals surface area contributed by atoms with Crippen LogP contribution in [-0.4, -0.2) is 50.5 Å². The van der Waals surface area contributed by atoms with Crippen LogP contribution in [0.25, 0.3) is 0 Å². The maximum atomic E-state index is 11.4. The fraction of sp³-hybridized carbons (Fsp3) is 0.867. The molecular weight excluding hydrogens is 252 g/mol. The van der Waals surface area contributed by atoms with Crippen molar-refractivity contribution in [2.75, 3.05) is 33.7 Å². The first-order valence-electron chi connectivity index (χ1n) is 7.89. The zero-order chi connectivity index (χ0) is 14.4. The van der Waals surface area contributed by atoms with E-state index in [0.29, 0.717) is 12.3 Å². The maximum absolute atomic E-state index is 11.4. The van der Waals surface area contributed by atoms with Crippen LogP contribution in [0.2, 0.25) is 0 Å². The zero-order valence-electron chi connectivity index (χ0n) is 12.8. The second-order valence-corrected chi connectivity index (χ2v) is 6.01. The van der Waals surface area contributed by atoms with E-state index in [1.165, 1.54) is 19.3 Å². The Bertz CT molecular complexity index is 344. The molecule has 1 saturated carbocycles. The van der Waals surface area contributed by atoms with E-state index in [9.17, 15) is 4.79 Å². The molecule has 2 fully saturated rings. The molecule has 1 aliphatic carbocycles. The molecule has 1 saturated heterocycles. The van der Waals surface area contributed by atoms with Gasteiger partial charge in [-0.3, -0.25) is 9.79 Å². The zero-order valence-corrected chi connectivity index (χ0v) is 12.8. The largest absolute Gasteiger partial charge is 0.359 e. The molecule has 1 heterocycles. The van der Waals surface area contributed by atoms with Crippen molar-refractivity contribution in [3.8, 4) is 0 Å². The lowest BCUT2D eigenvalue weighted by molar-refractivity contribution is -0.121. The standard InChI is InChI=1S/C15H28N4O/c1-16-14(20)11-13-6-9-19(10-7-13)15(17-2)18-8-5-12-3-4-12/h12-13H,3-11H2,1-2H3,(H,16,20)(H,17,18). The van der Waals surface area contributed by atoms with Crippen molar-refractivity contribution in [1.29, 1.82) is 0 Å². The van der Waals surface area contributed by atoms with Crippen LogP contribution >= 0.6 is 0 Å². The number of nitrogens with one attached hydrogen (secondary N) is 2. The number of likely N-dealkylation sites (tertiary alicyclic amines) is 1. The summed E-state index contributed by atoms with van der Waals surface area (Å²) in [6.07, 6.45) is 6.91. The molecule has 0 bridgehead atoms. The number of carbonyl (C=O) groups excluding carboxylic acids is 1. The Hall–Kier alpha value is -1.26. The molecule has 2 N–H and O–H groups in total. The molecule has 5 heteroatoms. The highest BCUT2D eigenvalue weighted by molar-refractivity contribution is 5.80. The lowest BCUT2D eigenvalue weighted by Gasteiger charge is -2.34. The summed E-state index contributed by atoms with van der Waals surface area (Å²) in [4.78, 5) is 18.1. The van der Waals surface area contributed by atoms with Gasteiger partial charge in [-0.1, -0.05) is 12.8 Å². The van der Waals surface area contributed by atoms with Crippen LogP contribution in [-0.2, 0) is 4.79 Å². The smallest absolute Gasteiger partial charge is 0.220 e. The van der Waals surface area contributed by atoms with Gasteiger partial charge in [-0.25, -0.2) is 0 Å². The fourth-order valence-corrected chi connectivity index (χ4v) is 2.84. The Morgan fingerprint density at radius 3 is 2.45 bits per heavy atom. The number of hydrogen-bond acceptors (Lipinski definition) is 2. The van der Waals surface area contributed by atoms with E-state index in [4.69, 9.17) is 0 Å². The van der Waals surface area contributed by atoms with Gasteiger partial charge < -0.3 is 15.5 Å². The number of amides is 1. The van der Waals surface area contributed by atoms with E-state index in [2.05, 4.69) is 20.5 Å². The van der Waals surface area contributed by atoms with Gasteiger partial charge in [0.25, 0.3) is 0 Å². The normalized spacial score (nSPS) is 20.9. The molecule has 0 spiro atoms. The Balaban J connectivity index is 1.68. The van der Waals surface area contributed by atoms with E-state index in [0.717, 1.165) is 44.4 Å². The summed E-state index contributed by atoms with van der Waals surface area (Å²) < 4.78 is 0. The lowest BCUT2D eigenvalue weighted by atomic mass is 9.93. The first kappa shape index (κ1) is 15.1. The van der Waals surface area contributed by atoms with Gasteiger partial charge in [0.15, 0.2) is 5.96 Å². The molecule has 0 unspecified atom stereocenters. The first-order chi connectivity index (χ1) is 9.72. The van der Waals surface area contributed by atoms with Gasteiger partial charge in [0.1, 0.15) is 0 Å². The van der Waals surface area contributed by atoms with Gasteiger partial charge in [0.2, 0.25) is 5.91 Å². The van der Waals surface area contributed by atoms with Crippen LogP contribution in [0.15, 0.2) is 4.99 Å². The maximum Gasteiger partial charge on any atom is 0.220 e. The molecule has 0 aromatic heterocycles. The SMILES string of the molecule is CN=C(NCCC1CC1)N1CCC(CC(=O)NC)CC1. The fourth-order valence-electron chi connectivity index (χ4n) is 2.84. The number of carbonyl (C=O) groups is 1. The second kappa shape index (κ2) is 7.50. The number of guanidine groups is 1. The third kappa shape index (κ3) is 4.69. The quantitative estimate of drug-likeness (QED) is 0.588. The van der Waals surface area contributed by atoms with Crippen molar-refractivity contribution in [2.45, 2.75) is 38.5 Å². The average Bonchev–Trinajstić information content (AvgIpc) is 3.29. The predicted octanol–water partition coefficient (Wildman–Crippen LogP) is 1.21. The van der Waals surface area contributed by atoms with Crippen molar-refractivity contribution in [2.24, 2.45) is 16.8 Å². The second-order valence-electron chi connectivity index (χ2n) is 6.01. The summed E-state index contributed by atoms with van der Waals surface area (Å²) in [7, 11) is 3.57. The van der Waals surface area contributed by atoms with E-state index >= 15 is 0 Å². The predicted molar refractivity (Wildman–Crippen MR) is 81.7 cm³/mol. The molecule has 0 radical (unpaired) electrons. The van der Waals surface area contributed by atoms with Gasteiger partial charge >= 0.3 is 0 Å². The van der Waals surface area contributed by atoms with Gasteiger partial charge in [-0.15, -0.1) is 0 Å². The summed E-state index contributed by atoms with van der Waals surface area (Å²) >= 11 is 0. The highest BCUT2D eigenvalue weighted by atomic mass is 16.1. The van der Waals surface area contributed by atoms with Gasteiger partial charge in [-0.05, 0) is 31.1 Å². The molecule has 2 aliphatic rings. The van der Waals surface area contributed by atoms with Crippen LogP contribution in [0, 0.1) is 11.8 Å². The van der Waals surface area contributed by atoms with Crippen molar-refractivity contribution >= 4 is 11.9 Å². The van der Waals surface area contributed by atoms with Crippen molar-refractivity contribution < 1.29 is 4.79 Å². The van der Waals surface area contributed by atoms with Gasteiger partial charge in [0.05, 0.1) is 0 Å². The molecule has 0 aromatic carbocycles. The van der Waals surface area contributed by atoms with Crippen LogP contribution < -0.4 is 10.6 Å². The van der Waals surface area contributed by atoms with Crippen molar-refractivity contribution in [3.63, 3.8) is 0 Å². The van der Waals surface area contributed by atoms with E-state index in [1.807, 2.05) is 7.05 Å². The Morgan fingerprint density at radius 1 is 1.20 bits per heavy atom. The molecule has 5 nitrogen and oxygen atoms in total. The van der Waals surface area contributed by atoms with Gasteiger partial charge in [-0.2, -0.15) is 0 Å². The summed E-state index contributed by atoms with van der Waals surface area (Å²) in [5, 5.41) is 6.19. The number of piperidine rings is 1. The summed E-state index contributed by atoms with van der Waals surface area (Å²) in [5.74, 6) is 2.68. The molecule has 1 amide bonds. The van der Waals surface area contributed by atoms with Crippen LogP contribution in [0.1, 0.15) is 38.5 Å². The minimum absolute atomic E-state index is 0.162. The minimum Gasteiger partial charge on any atom is -0.359 e. The minimum atomic E-state index is 0.162. The third-order valence-electron chi connectivity index (χ3n) is 4.41. The molecule has 1 aliphatic heterocycles. The molecule has 20 heavy (non-hydrogen) atoms. The molecule has 2 rings (SSSR count). The summed E-state index contributed by atoms with van der Waals surface area (Å²) in [6, 6.07) is 0. The molecule has 114 valence electrons. The number of hydrogen-bond donors (Lipinski definition) is 2. The number of nitrogens with zero attached hydrogens (tertiary/aromatic N) is 2. The third-order valence-corrected chi connectivity index (χ3v) is 4.41. The highest BCUT2D eigenvalue weighted by Gasteiger charge is 2.24. The Morgan fingerprint density at radius 2 is 1.90 bits per heavy atom. The summed E-state index contributed by atoms with van der Waals surface area (Å²) in [6.45, 7) is 3.05. The van der Waals surface area contributed by atoms with Crippen molar-refractivity contribution in [1.82, 2.24) is 15.5 Å². The topological polar surface area (TPSA) is 56.7 Å². The Kier molecular flexibility index (Phi) is 5.68. The molecule has 0 atom stereocenters. The first-order valence-corrected chi connectivity index (χ1v) is 7.89. The van der Waals surface area contributed by atoms with E-state index in [-0.39, 0.29) is 5.91 Å². The van der Waals surface area contributed by atoms with Crippen molar-refractivity contribution in [3.05, 3.63) is 0 Å². The Labute approximate surface area is 122 Å². The summed E-state index contributed by atoms with van der Waals surface area (Å²) in [5.41, 5.74) is 0. The van der Waals surface area contributed by atoms with Crippen LogP contribution in [0.3, 0.4) is 0 Å². The molecule has 0 aromatic rings. The van der Waals surface area contributed by atoms with E-state index < -0.39 is 0 Å². The van der Waals surface area contributed by atoms with Crippen LogP contribution in [0.4, 0.5) is 0 Å². The average molecular weight is 280 g/mol.